The fourth-order valence-corrected chi connectivity index (χ4v) is 0.354. The molecule has 0 aliphatic carbocycles. The van der Waals surface area contributed by atoms with E-state index < -0.39 is 0 Å². The Morgan fingerprint density at radius 1 is 1.60 bits per heavy atom. The molecule has 0 spiro atoms. The first kappa shape index (κ1) is 5.60. The molecule has 0 atom stereocenters. The Morgan fingerprint density at radius 2 is 2.20 bits per heavy atom. The summed E-state index contributed by atoms with van der Waals surface area (Å²) in [5, 5.41) is 1.34. The maximum atomic E-state index is 2.21. The zero-order valence-corrected chi connectivity index (χ0v) is 4.12. The molecule has 0 fully saturated rings. The summed E-state index contributed by atoms with van der Waals surface area (Å²) in [4.78, 5) is 0. The summed E-state index contributed by atoms with van der Waals surface area (Å²) in [5.74, 6) is 0. The van der Waals surface area contributed by atoms with Crippen LogP contribution in [0.3, 0.4) is 0 Å². The minimum absolute atomic E-state index is 1.34. The summed E-state index contributed by atoms with van der Waals surface area (Å²) in [6, 6.07) is 0. The minimum atomic E-state index is 1.34. The Kier molecular flexibility index (Phi) is 5.15. The second-order valence-electron chi connectivity index (χ2n) is 1.35. The van der Waals surface area contributed by atoms with Gasteiger partial charge in [0.25, 0.3) is 0 Å². The average molecular weight is 64.1 g/mol. The first-order chi connectivity index (χ1) is 2.41. The number of hydrogen-bond donors (Lipinski definition) is 0. The SMILES string of the molecule is [Li-2][CH2]CCC. The summed E-state index contributed by atoms with van der Waals surface area (Å²) in [7, 11) is 0. The van der Waals surface area contributed by atoms with Crippen molar-refractivity contribution in [2.75, 3.05) is 0 Å². The molecule has 0 amide bonds. The Labute approximate surface area is 43.2 Å². The predicted octanol–water partition coefficient (Wildman–Crippen LogP) is 1.37. The van der Waals surface area contributed by atoms with Crippen molar-refractivity contribution in [3.05, 3.63) is 0 Å². The standard InChI is InChI=1S/C4H9.Li/c1-3-4-2;/h1,3-4H2,2H3;/q;-2. The van der Waals surface area contributed by atoms with E-state index in [1.165, 1.54) is 17.9 Å². The summed E-state index contributed by atoms with van der Waals surface area (Å²) in [5.41, 5.74) is 0. The van der Waals surface area contributed by atoms with Crippen LogP contribution < -0.4 is 0 Å². The zero-order valence-electron chi connectivity index (χ0n) is 4.12. The molecule has 0 N–H and O–H groups in total. The zero-order chi connectivity index (χ0) is 4.12. The van der Waals surface area contributed by atoms with Crippen molar-refractivity contribution in [1.29, 1.82) is 0 Å². The van der Waals surface area contributed by atoms with Crippen molar-refractivity contribution in [2.24, 2.45) is 0 Å². The molecule has 0 bridgehead atoms. The van der Waals surface area contributed by atoms with Gasteiger partial charge in [-0.3, -0.25) is 0 Å². The molecular weight excluding hydrogens is 55.0 g/mol. The molecule has 1 heteroatoms. The van der Waals surface area contributed by atoms with Crippen molar-refractivity contribution in [3.8, 4) is 0 Å². The molecule has 0 aromatic rings. The monoisotopic (exact) mass is 64.1 g/mol. The Hall–Kier alpha value is 0.597. The number of rotatable bonds is 2. The summed E-state index contributed by atoms with van der Waals surface area (Å²) >= 11 is 2.21. The molecule has 0 heterocycles. The quantitative estimate of drug-likeness (QED) is 0.425. The van der Waals surface area contributed by atoms with Crippen LogP contribution in [-0.4, -0.2) is 17.7 Å². The molecule has 2 radical (unpaired) electrons. The maximum absolute atomic E-state index is 2.21. The van der Waals surface area contributed by atoms with Crippen LogP contribution in [0.4, 0.5) is 0 Å². The van der Waals surface area contributed by atoms with Crippen LogP contribution in [0.25, 0.3) is 0 Å². The van der Waals surface area contributed by atoms with E-state index in [2.05, 4.69) is 24.6 Å². The number of unbranched alkanes of at least 4 members (excludes halogenated alkanes) is 1. The second kappa shape index (κ2) is 4.60. The average Bonchev–Trinajstić information content (AvgIpc) is 1.41. The molecule has 28 valence electrons. The Balaban J connectivity index is 2.19. The van der Waals surface area contributed by atoms with Gasteiger partial charge in [-0.1, -0.05) is 0 Å². The molecule has 0 unspecified atom stereocenters. The van der Waals surface area contributed by atoms with Crippen LogP contribution in [0.15, 0.2) is 0 Å². The van der Waals surface area contributed by atoms with Crippen LogP contribution in [0.5, 0.6) is 0 Å². The Morgan fingerprint density at radius 3 is 2.20 bits per heavy atom. The van der Waals surface area contributed by atoms with Gasteiger partial charge in [-0.25, -0.2) is 0 Å². The van der Waals surface area contributed by atoms with Crippen LogP contribution in [0.1, 0.15) is 19.8 Å². The molecule has 0 saturated heterocycles. The molecule has 0 aliphatic heterocycles. The molecule has 0 nitrogen and oxygen atoms in total. The van der Waals surface area contributed by atoms with E-state index in [0.717, 1.165) is 0 Å². The number of hydrogen-bond acceptors (Lipinski definition) is 0. The summed E-state index contributed by atoms with van der Waals surface area (Å²) < 4.78 is 0. The van der Waals surface area contributed by atoms with Crippen molar-refractivity contribution in [3.63, 3.8) is 0 Å². The fraction of sp³-hybridized carbons (Fsp3) is 1.00. The van der Waals surface area contributed by atoms with Gasteiger partial charge in [0.2, 0.25) is 0 Å². The van der Waals surface area contributed by atoms with Crippen molar-refractivity contribution < 1.29 is 0 Å². The van der Waals surface area contributed by atoms with Gasteiger partial charge in [0, 0.05) is 0 Å². The van der Waals surface area contributed by atoms with Gasteiger partial charge in [-0.2, -0.15) is 0 Å². The van der Waals surface area contributed by atoms with Crippen LogP contribution in [0.2, 0.25) is 5.09 Å². The first-order valence-electron chi connectivity index (χ1n) is 2.41. The van der Waals surface area contributed by atoms with Gasteiger partial charge in [0.1, 0.15) is 0 Å². The normalized spacial score (nSPS) is 8.20. The van der Waals surface area contributed by atoms with Crippen LogP contribution >= 0.6 is 0 Å². The van der Waals surface area contributed by atoms with E-state index in [1.807, 2.05) is 0 Å². The summed E-state index contributed by atoms with van der Waals surface area (Å²) in [6.07, 6.45) is 2.73. The molecular formula is C4H9Li-2. The molecule has 0 saturated carbocycles. The molecule has 0 aliphatic rings. The van der Waals surface area contributed by atoms with Gasteiger partial charge in [0.15, 0.2) is 0 Å². The topological polar surface area (TPSA) is 0 Å². The molecule has 5 heavy (non-hydrogen) atoms. The fourth-order valence-electron chi connectivity index (χ4n) is 0.354. The van der Waals surface area contributed by atoms with Gasteiger partial charge >= 0.3 is 42.6 Å². The van der Waals surface area contributed by atoms with E-state index in [-0.39, 0.29) is 0 Å². The molecule has 0 aromatic heterocycles. The van der Waals surface area contributed by atoms with Crippen molar-refractivity contribution >= 4 is 17.7 Å². The van der Waals surface area contributed by atoms with Crippen LogP contribution in [0, 0.1) is 0 Å². The molecule has 0 rings (SSSR count). The third-order valence-electron chi connectivity index (χ3n) is 0.707. The van der Waals surface area contributed by atoms with Gasteiger partial charge in [0.05, 0.1) is 0 Å². The van der Waals surface area contributed by atoms with Crippen LogP contribution in [-0.2, 0) is 0 Å². The van der Waals surface area contributed by atoms with Crippen molar-refractivity contribution in [2.45, 2.75) is 24.9 Å². The van der Waals surface area contributed by atoms with Gasteiger partial charge in [-0.15, -0.1) is 0 Å². The first-order valence-corrected chi connectivity index (χ1v) is 2.41. The van der Waals surface area contributed by atoms with E-state index in [1.54, 1.807) is 0 Å². The van der Waals surface area contributed by atoms with Gasteiger partial charge < -0.3 is 0 Å². The second-order valence-corrected chi connectivity index (χ2v) is 1.35. The predicted molar refractivity (Wildman–Crippen MR) is 25.5 cm³/mol. The van der Waals surface area contributed by atoms with E-state index >= 15 is 0 Å². The van der Waals surface area contributed by atoms with E-state index in [0.29, 0.717) is 0 Å². The Bertz CT molecular complexity index is 11.1. The molecule has 0 aromatic carbocycles. The van der Waals surface area contributed by atoms with E-state index in [4.69, 9.17) is 0 Å². The third kappa shape index (κ3) is 4.60. The van der Waals surface area contributed by atoms with Crippen molar-refractivity contribution in [1.82, 2.24) is 0 Å². The summed E-state index contributed by atoms with van der Waals surface area (Å²) in [6.45, 7) is 2.21. The van der Waals surface area contributed by atoms with Gasteiger partial charge in [-0.05, 0) is 0 Å². The van der Waals surface area contributed by atoms with E-state index in [9.17, 15) is 0 Å². The third-order valence-corrected chi connectivity index (χ3v) is 0.707.